The van der Waals surface area contributed by atoms with Crippen LogP contribution in [0.5, 0.6) is 0 Å². The number of alkyl halides is 3. The molecule has 2 aromatic rings. The van der Waals surface area contributed by atoms with Crippen molar-refractivity contribution in [1.29, 1.82) is 0 Å². The number of anilines is 2. The number of carbonyl (C=O) groups excluding carboxylic acids is 1. The SMILES string of the molecule is CC(C)c1ccc(C=CC(=O)Nc2cc(C(F)(F)F)ccc2N2CCCC2)cc1. The van der Waals surface area contributed by atoms with E-state index in [1.54, 1.807) is 6.08 Å². The minimum atomic E-state index is -4.46. The van der Waals surface area contributed by atoms with Gasteiger partial charge in [0.25, 0.3) is 0 Å². The fourth-order valence-electron chi connectivity index (χ4n) is 3.38. The number of amides is 1. The first kappa shape index (κ1) is 21.0. The average molecular weight is 402 g/mol. The van der Waals surface area contributed by atoms with Gasteiger partial charge in [-0.3, -0.25) is 4.79 Å². The highest BCUT2D eigenvalue weighted by Crippen LogP contribution is 2.36. The van der Waals surface area contributed by atoms with Gasteiger partial charge in [-0.1, -0.05) is 38.1 Å². The Kier molecular flexibility index (Phi) is 6.30. The summed E-state index contributed by atoms with van der Waals surface area (Å²) in [6, 6.07) is 11.4. The van der Waals surface area contributed by atoms with Gasteiger partial charge >= 0.3 is 6.18 Å². The summed E-state index contributed by atoms with van der Waals surface area (Å²) in [5, 5.41) is 2.63. The molecule has 1 saturated heterocycles. The van der Waals surface area contributed by atoms with Crippen LogP contribution >= 0.6 is 0 Å². The monoisotopic (exact) mass is 402 g/mol. The molecular weight excluding hydrogens is 377 g/mol. The minimum absolute atomic E-state index is 0.187. The molecule has 1 aliphatic heterocycles. The summed E-state index contributed by atoms with van der Waals surface area (Å²) in [5.41, 5.74) is 2.09. The third-order valence-corrected chi connectivity index (χ3v) is 5.06. The van der Waals surface area contributed by atoms with Crippen LogP contribution in [0.3, 0.4) is 0 Å². The summed E-state index contributed by atoms with van der Waals surface area (Å²) in [4.78, 5) is 14.4. The Bertz CT molecular complexity index is 880. The number of nitrogens with zero attached hydrogens (tertiary/aromatic N) is 1. The van der Waals surface area contributed by atoms with E-state index in [0.29, 0.717) is 11.6 Å². The van der Waals surface area contributed by atoms with E-state index in [1.165, 1.54) is 17.7 Å². The number of carbonyl (C=O) groups is 1. The molecule has 0 atom stereocenters. The second-order valence-electron chi connectivity index (χ2n) is 7.57. The summed E-state index contributed by atoms with van der Waals surface area (Å²) >= 11 is 0. The van der Waals surface area contributed by atoms with Crippen LogP contribution in [-0.2, 0) is 11.0 Å². The standard InChI is InChI=1S/C23H25F3N2O/c1-16(2)18-8-5-17(6-9-18)7-12-22(29)27-20-15-19(23(24,25)26)10-11-21(20)28-13-3-4-14-28/h5-12,15-16H,3-4,13-14H2,1-2H3,(H,27,29). The smallest absolute Gasteiger partial charge is 0.370 e. The van der Waals surface area contributed by atoms with Crippen LogP contribution in [0.15, 0.2) is 48.5 Å². The number of hydrogen-bond donors (Lipinski definition) is 1. The second-order valence-corrected chi connectivity index (χ2v) is 7.57. The summed E-state index contributed by atoms with van der Waals surface area (Å²) in [5.74, 6) is -0.0426. The molecule has 0 spiro atoms. The van der Waals surface area contributed by atoms with Gasteiger partial charge in [0, 0.05) is 19.2 Å². The van der Waals surface area contributed by atoms with Gasteiger partial charge in [-0.2, -0.15) is 13.2 Å². The molecule has 6 heteroatoms. The Morgan fingerprint density at radius 3 is 2.31 bits per heavy atom. The van der Waals surface area contributed by atoms with Crippen molar-refractivity contribution < 1.29 is 18.0 Å². The van der Waals surface area contributed by atoms with Crippen LogP contribution in [0.25, 0.3) is 6.08 Å². The maximum Gasteiger partial charge on any atom is 0.416 e. The molecule has 0 bridgehead atoms. The Balaban J connectivity index is 1.78. The Morgan fingerprint density at radius 2 is 1.72 bits per heavy atom. The van der Waals surface area contributed by atoms with Crippen molar-refractivity contribution in [2.24, 2.45) is 0 Å². The summed E-state index contributed by atoms with van der Waals surface area (Å²) < 4.78 is 39.4. The number of halogens is 3. The molecule has 3 nitrogen and oxygen atoms in total. The van der Waals surface area contributed by atoms with Crippen molar-refractivity contribution in [3.05, 3.63) is 65.2 Å². The zero-order valence-corrected chi connectivity index (χ0v) is 16.6. The fourth-order valence-corrected chi connectivity index (χ4v) is 3.38. The maximum absolute atomic E-state index is 13.1. The van der Waals surface area contributed by atoms with E-state index < -0.39 is 17.6 Å². The normalized spacial score (nSPS) is 14.8. The van der Waals surface area contributed by atoms with Crippen LogP contribution in [0.4, 0.5) is 24.5 Å². The maximum atomic E-state index is 13.1. The molecule has 0 radical (unpaired) electrons. The van der Waals surface area contributed by atoms with Crippen LogP contribution in [0, 0.1) is 0 Å². The largest absolute Gasteiger partial charge is 0.416 e. The van der Waals surface area contributed by atoms with Crippen LogP contribution < -0.4 is 10.2 Å². The van der Waals surface area contributed by atoms with Crippen molar-refractivity contribution in [3.63, 3.8) is 0 Å². The first-order chi connectivity index (χ1) is 13.7. The predicted molar refractivity (Wildman–Crippen MR) is 111 cm³/mol. The van der Waals surface area contributed by atoms with Crippen molar-refractivity contribution >= 4 is 23.4 Å². The number of hydrogen-bond acceptors (Lipinski definition) is 2. The van der Waals surface area contributed by atoms with E-state index in [1.807, 2.05) is 29.2 Å². The van der Waals surface area contributed by atoms with Gasteiger partial charge in [0.1, 0.15) is 0 Å². The Hall–Kier alpha value is -2.76. The summed E-state index contributed by atoms with van der Waals surface area (Å²) in [7, 11) is 0. The quantitative estimate of drug-likeness (QED) is 0.615. The van der Waals surface area contributed by atoms with E-state index in [4.69, 9.17) is 0 Å². The van der Waals surface area contributed by atoms with E-state index in [0.717, 1.165) is 43.6 Å². The summed E-state index contributed by atoms with van der Waals surface area (Å²) in [6.45, 7) is 5.75. The molecule has 0 saturated carbocycles. The van der Waals surface area contributed by atoms with E-state index in [9.17, 15) is 18.0 Å². The van der Waals surface area contributed by atoms with E-state index in [2.05, 4.69) is 19.2 Å². The van der Waals surface area contributed by atoms with Gasteiger partial charge in [0.15, 0.2) is 0 Å². The minimum Gasteiger partial charge on any atom is -0.370 e. The van der Waals surface area contributed by atoms with Crippen molar-refractivity contribution in [1.82, 2.24) is 0 Å². The van der Waals surface area contributed by atoms with Gasteiger partial charge < -0.3 is 10.2 Å². The fraction of sp³-hybridized carbons (Fsp3) is 0.348. The van der Waals surface area contributed by atoms with E-state index >= 15 is 0 Å². The van der Waals surface area contributed by atoms with Crippen LogP contribution in [0.1, 0.15) is 49.3 Å². The molecule has 1 heterocycles. The number of nitrogens with one attached hydrogen (secondary N) is 1. The molecule has 0 aliphatic carbocycles. The molecule has 0 aromatic heterocycles. The zero-order valence-electron chi connectivity index (χ0n) is 16.6. The van der Waals surface area contributed by atoms with Crippen LogP contribution in [0.2, 0.25) is 0 Å². The van der Waals surface area contributed by atoms with Gasteiger partial charge in [0.2, 0.25) is 5.91 Å². The lowest BCUT2D eigenvalue weighted by Crippen LogP contribution is -2.21. The zero-order chi connectivity index (χ0) is 21.0. The first-order valence-electron chi connectivity index (χ1n) is 9.79. The molecule has 29 heavy (non-hydrogen) atoms. The first-order valence-corrected chi connectivity index (χ1v) is 9.79. The molecule has 2 aromatic carbocycles. The lowest BCUT2D eigenvalue weighted by Gasteiger charge is -2.22. The van der Waals surface area contributed by atoms with Gasteiger partial charge in [-0.25, -0.2) is 0 Å². The highest BCUT2D eigenvalue weighted by Gasteiger charge is 2.31. The Morgan fingerprint density at radius 1 is 1.07 bits per heavy atom. The van der Waals surface area contributed by atoms with Gasteiger partial charge in [-0.05, 0) is 54.2 Å². The van der Waals surface area contributed by atoms with E-state index in [-0.39, 0.29) is 5.69 Å². The highest BCUT2D eigenvalue weighted by molar-refractivity contribution is 6.04. The van der Waals surface area contributed by atoms with Gasteiger partial charge in [-0.15, -0.1) is 0 Å². The molecule has 1 amide bonds. The third-order valence-electron chi connectivity index (χ3n) is 5.06. The molecule has 0 unspecified atom stereocenters. The lowest BCUT2D eigenvalue weighted by molar-refractivity contribution is -0.137. The number of benzene rings is 2. The Labute approximate surface area is 169 Å². The second kappa shape index (κ2) is 8.72. The molecule has 1 N–H and O–H groups in total. The lowest BCUT2D eigenvalue weighted by atomic mass is 10.0. The number of rotatable bonds is 5. The van der Waals surface area contributed by atoms with Crippen molar-refractivity contribution in [2.75, 3.05) is 23.3 Å². The molecule has 1 fully saturated rings. The predicted octanol–water partition coefficient (Wildman–Crippen LogP) is 6.08. The average Bonchev–Trinajstić information content (AvgIpc) is 3.20. The molecule has 3 rings (SSSR count). The highest BCUT2D eigenvalue weighted by atomic mass is 19.4. The topological polar surface area (TPSA) is 32.3 Å². The summed E-state index contributed by atoms with van der Waals surface area (Å²) in [6.07, 6.45) is 0.513. The third kappa shape index (κ3) is 5.40. The van der Waals surface area contributed by atoms with Crippen molar-refractivity contribution in [3.8, 4) is 0 Å². The molecule has 154 valence electrons. The van der Waals surface area contributed by atoms with Crippen molar-refractivity contribution in [2.45, 2.75) is 38.8 Å². The molecular formula is C23H25F3N2O. The van der Waals surface area contributed by atoms with Gasteiger partial charge in [0.05, 0.1) is 16.9 Å². The van der Waals surface area contributed by atoms with Crippen LogP contribution in [-0.4, -0.2) is 19.0 Å². The molecule has 1 aliphatic rings.